The molecule has 0 fully saturated rings. The number of para-hydroxylation sites is 1. The van der Waals surface area contributed by atoms with Crippen molar-refractivity contribution in [1.82, 2.24) is 4.72 Å². The van der Waals surface area contributed by atoms with Gasteiger partial charge in [-0.3, -0.25) is 4.79 Å². The summed E-state index contributed by atoms with van der Waals surface area (Å²) in [4.78, 5) is 23.6. The Hall–Kier alpha value is -2.23. The lowest BCUT2D eigenvalue weighted by molar-refractivity contribution is 0.0698. The van der Waals surface area contributed by atoms with Gasteiger partial charge in [-0.2, -0.15) is 0 Å². The van der Waals surface area contributed by atoms with Gasteiger partial charge in [0.2, 0.25) is 10.0 Å². The number of thiophene rings is 1. The summed E-state index contributed by atoms with van der Waals surface area (Å²) in [5.74, 6) is -1.74. The first-order valence-electron chi connectivity index (χ1n) is 7.26. The minimum absolute atomic E-state index is 0.0101. The van der Waals surface area contributed by atoms with Crippen molar-refractivity contribution in [3.05, 3.63) is 46.2 Å². The van der Waals surface area contributed by atoms with E-state index in [9.17, 15) is 18.0 Å². The molecule has 134 valence electrons. The molecule has 0 aliphatic rings. The molecule has 0 saturated heterocycles. The number of rotatable bonds is 5. The Labute approximate surface area is 149 Å². The molecule has 1 amide bonds. The van der Waals surface area contributed by atoms with Crippen LogP contribution >= 0.6 is 11.3 Å². The highest BCUT2D eigenvalue weighted by atomic mass is 32.2. The molecule has 0 aliphatic heterocycles. The van der Waals surface area contributed by atoms with E-state index in [1.165, 1.54) is 23.6 Å². The van der Waals surface area contributed by atoms with Crippen molar-refractivity contribution >= 4 is 38.9 Å². The number of hydrogen-bond acceptors (Lipinski definition) is 5. The first-order valence-corrected chi connectivity index (χ1v) is 9.62. The zero-order valence-electron chi connectivity index (χ0n) is 13.9. The summed E-state index contributed by atoms with van der Waals surface area (Å²) in [5.41, 5.74) is -0.552. The topological polar surface area (TPSA) is 113 Å². The van der Waals surface area contributed by atoms with Gasteiger partial charge in [0.15, 0.2) is 0 Å². The lowest BCUT2D eigenvalue weighted by Crippen LogP contribution is -2.40. The molecule has 0 atom stereocenters. The first kappa shape index (κ1) is 19.1. The fourth-order valence-corrected chi connectivity index (χ4v) is 4.59. The van der Waals surface area contributed by atoms with Crippen LogP contribution in [-0.2, 0) is 10.0 Å². The molecule has 0 unspecified atom stereocenters. The van der Waals surface area contributed by atoms with Crippen molar-refractivity contribution < 1.29 is 23.1 Å². The number of sulfonamides is 1. The predicted octanol–water partition coefficient (Wildman–Crippen LogP) is 2.78. The Morgan fingerprint density at radius 1 is 1.16 bits per heavy atom. The Morgan fingerprint density at radius 3 is 2.40 bits per heavy atom. The maximum Gasteiger partial charge on any atom is 0.337 e. The van der Waals surface area contributed by atoms with Crippen molar-refractivity contribution in [3.8, 4) is 0 Å². The van der Waals surface area contributed by atoms with E-state index < -0.39 is 27.4 Å². The summed E-state index contributed by atoms with van der Waals surface area (Å²) in [6.45, 7) is 5.15. The van der Waals surface area contributed by atoms with Crippen LogP contribution in [0, 0.1) is 0 Å². The highest BCUT2D eigenvalue weighted by Gasteiger charge is 2.24. The Kier molecular flexibility index (Phi) is 5.31. The second-order valence-electron chi connectivity index (χ2n) is 6.31. The smallest absolute Gasteiger partial charge is 0.337 e. The summed E-state index contributed by atoms with van der Waals surface area (Å²) in [7, 11) is -3.74. The van der Waals surface area contributed by atoms with Crippen LogP contribution in [0.15, 0.2) is 40.6 Å². The molecule has 3 N–H and O–H groups in total. The number of nitrogens with one attached hydrogen (secondary N) is 2. The zero-order chi connectivity index (χ0) is 18.8. The summed E-state index contributed by atoms with van der Waals surface area (Å²) in [6, 6.07) is 7.24. The standard InChI is InChI=1S/C16H18N2O5S2/c1-16(2,3)18-25(22,23)10-8-13(24-9-10)14(19)17-12-7-5-4-6-11(12)15(20)21/h4-9,18H,1-3H3,(H,17,19)(H,20,21). The van der Waals surface area contributed by atoms with Crippen molar-refractivity contribution in [1.29, 1.82) is 0 Å². The molecule has 9 heteroatoms. The molecule has 25 heavy (non-hydrogen) atoms. The molecule has 0 spiro atoms. The van der Waals surface area contributed by atoms with Crippen LogP contribution in [0.1, 0.15) is 40.8 Å². The molecule has 0 aliphatic carbocycles. The second kappa shape index (κ2) is 6.95. The van der Waals surface area contributed by atoms with Crippen LogP contribution in [0.25, 0.3) is 0 Å². The minimum Gasteiger partial charge on any atom is -0.478 e. The van der Waals surface area contributed by atoms with Gasteiger partial charge < -0.3 is 10.4 Å². The Balaban J connectivity index is 2.23. The van der Waals surface area contributed by atoms with E-state index >= 15 is 0 Å². The summed E-state index contributed by atoms with van der Waals surface area (Å²) in [6.07, 6.45) is 0. The highest BCUT2D eigenvalue weighted by Crippen LogP contribution is 2.23. The predicted molar refractivity (Wildman–Crippen MR) is 95.7 cm³/mol. The number of benzene rings is 1. The zero-order valence-corrected chi connectivity index (χ0v) is 15.5. The number of anilines is 1. The number of amides is 1. The number of carboxylic acid groups (broad SMARTS) is 1. The second-order valence-corrected chi connectivity index (χ2v) is 8.90. The number of aromatic carboxylic acids is 1. The highest BCUT2D eigenvalue weighted by molar-refractivity contribution is 7.89. The lowest BCUT2D eigenvalue weighted by Gasteiger charge is -2.19. The summed E-state index contributed by atoms with van der Waals surface area (Å²) >= 11 is 0.965. The van der Waals surface area contributed by atoms with Gasteiger partial charge in [-0.05, 0) is 39.0 Å². The van der Waals surface area contributed by atoms with Crippen LogP contribution in [0.5, 0.6) is 0 Å². The van der Waals surface area contributed by atoms with Gasteiger partial charge in [0.1, 0.15) is 0 Å². The third kappa shape index (κ3) is 4.88. The monoisotopic (exact) mass is 382 g/mol. The molecule has 0 saturated carbocycles. The third-order valence-corrected chi connectivity index (χ3v) is 5.77. The van der Waals surface area contributed by atoms with Gasteiger partial charge >= 0.3 is 5.97 Å². The Bertz CT molecular complexity index is 911. The van der Waals surface area contributed by atoms with E-state index in [1.807, 2.05) is 0 Å². The Morgan fingerprint density at radius 2 is 1.80 bits per heavy atom. The number of carbonyl (C=O) groups excluding carboxylic acids is 1. The van der Waals surface area contributed by atoms with E-state index in [-0.39, 0.29) is 21.0 Å². The van der Waals surface area contributed by atoms with E-state index in [0.29, 0.717) is 0 Å². The maximum atomic E-state index is 12.3. The van der Waals surface area contributed by atoms with Crippen molar-refractivity contribution in [2.45, 2.75) is 31.2 Å². The van der Waals surface area contributed by atoms with E-state index in [4.69, 9.17) is 5.11 Å². The SMILES string of the molecule is CC(C)(C)NS(=O)(=O)c1csc(C(=O)Nc2ccccc2C(=O)O)c1. The molecule has 2 rings (SSSR count). The van der Waals surface area contributed by atoms with E-state index in [1.54, 1.807) is 32.9 Å². The van der Waals surface area contributed by atoms with Crippen molar-refractivity contribution in [2.75, 3.05) is 5.32 Å². The van der Waals surface area contributed by atoms with Gasteiger partial charge in [-0.1, -0.05) is 12.1 Å². The van der Waals surface area contributed by atoms with Crippen molar-refractivity contribution in [2.24, 2.45) is 0 Å². The van der Waals surface area contributed by atoms with Crippen LogP contribution < -0.4 is 10.0 Å². The third-order valence-electron chi connectivity index (χ3n) is 2.96. The van der Waals surface area contributed by atoms with Gasteiger partial charge in [-0.15, -0.1) is 11.3 Å². The van der Waals surface area contributed by atoms with Gasteiger partial charge in [0, 0.05) is 10.9 Å². The average molecular weight is 382 g/mol. The molecular weight excluding hydrogens is 364 g/mol. The molecule has 2 aromatic rings. The van der Waals surface area contributed by atoms with Crippen LogP contribution in [0.2, 0.25) is 0 Å². The fourth-order valence-electron chi connectivity index (χ4n) is 2.00. The van der Waals surface area contributed by atoms with Crippen LogP contribution in [0.3, 0.4) is 0 Å². The number of carboxylic acids is 1. The van der Waals surface area contributed by atoms with Gasteiger partial charge in [0.25, 0.3) is 5.91 Å². The number of carbonyl (C=O) groups is 2. The average Bonchev–Trinajstić information content (AvgIpc) is 2.95. The number of hydrogen-bond donors (Lipinski definition) is 3. The molecule has 1 aromatic carbocycles. The quantitative estimate of drug-likeness (QED) is 0.736. The molecule has 0 bridgehead atoms. The maximum absolute atomic E-state index is 12.3. The molecular formula is C16H18N2O5S2. The molecule has 0 radical (unpaired) electrons. The van der Waals surface area contributed by atoms with E-state index in [0.717, 1.165) is 11.3 Å². The molecule has 1 heterocycles. The van der Waals surface area contributed by atoms with Crippen LogP contribution in [0.4, 0.5) is 5.69 Å². The largest absolute Gasteiger partial charge is 0.478 e. The van der Waals surface area contributed by atoms with Gasteiger partial charge in [0.05, 0.1) is 21.0 Å². The fraction of sp³-hybridized carbons (Fsp3) is 0.250. The minimum atomic E-state index is -3.74. The van der Waals surface area contributed by atoms with Gasteiger partial charge in [-0.25, -0.2) is 17.9 Å². The summed E-state index contributed by atoms with van der Waals surface area (Å²) < 4.78 is 27.1. The normalized spacial score (nSPS) is 12.0. The molecule has 1 aromatic heterocycles. The summed E-state index contributed by atoms with van der Waals surface area (Å²) in [5, 5.41) is 13.0. The van der Waals surface area contributed by atoms with E-state index in [2.05, 4.69) is 10.0 Å². The van der Waals surface area contributed by atoms with Crippen LogP contribution in [-0.4, -0.2) is 30.9 Å². The lowest BCUT2D eigenvalue weighted by atomic mass is 10.1. The first-order chi connectivity index (χ1) is 11.5. The molecule has 7 nitrogen and oxygen atoms in total. The van der Waals surface area contributed by atoms with Crippen molar-refractivity contribution in [3.63, 3.8) is 0 Å².